The van der Waals surface area contributed by atoms with Gasteiger partial charge in [-0.15, -0.1) is 0 Å². The zero-order valence-electron chi connectivity index (χ0n) is 16.3. The second kappa shape index (κ2) is 8.94. The van der Waals surface area contributed by atoms with Crippen LogP contribution in [0.5, 0.6) is 5.75 Å². The summed E-state index contributed by atoms with van der Waals surface area (Å²) in [6.45, 7) is 0.647. The lowest BCUT2D eigenvalue weighted by molar-refractivity contribution is 0.112. The number of aromatic nitrogens is 3. The average Bonchev–Trinajstić information content (AvgIpc) is 3.14. The van der Waals surface area contributed by atoms with Crippen LogP contribution in [0.1, 0.15) is 27.4 Å². The molecule has 2 heterocycles. The Kier molecular flexibility index (Phi) is 5.92. The third-order valence-corrected chi connectivity index (χ3v) is 5.08. The van der Waals surface area contributed by atoms with Crippen molar-refractivity contribution >= 4 is 28.9 Å². The second-order valence-electron chi connectivity index (χ2n) is 6.84. The Morgan fingerprint density at radius 3 is 2.71 bits per heavy atom. The molecule has 0 aliphatic carbocycles. The highest BCUT2D eigenvalue weighted by Crippen LogP contribution is 2.23. The number of aldehydes is 1. The fourth-order valence-electron chi connectivity index (χ4n) is 3.27. The highest BCUT2D eigenvalue weighted by Gasteiger charge is 2.14. The zero-order chi connectivity index (χ0) is 21.8. The van der Waals surface area contributed by atoms with Crippen LogP contribution in [-0.2, 0) is 19.6 Å². The van der Waals surface area contributed by atoms with E-state index in [-0.39, 0.29) is 23.7 Å². The highest BCUT2D eigenvalue weighted by atomic mass is 35.5. The Labute approximate surface area is 182 Å². The van der Waals surface area contributed by atoms with Gasteiger partial charge in [-0.2, -0.15) is 5.26 Å². The van der Waals surface area contributed by atoms with Crippen LogP contribution in [0.3, 0.4) is 0 Å². The number of aryl methyl sites for hydroxylation is 2. The van der Waals surface area contributed by atoms with Gasteiger partial charge in [0.2, 0.25) is 5.82 Å². The minimum absolute atomic E-state index is 0.0453. The summed E-state index contributed by atoms with van der Waals surface area (Å²) in [4.78, 5) is 19.2. The average molecular weight is 435 g/mol. The van der Waals surface area contributed by atoms with Crippen LogP contribution in [0.2, 0.25) is 5.02 Å². The Bertz CT molecular complexity index is 1300. The van der Waals surface area contributed by atoms with E-state index in [0.717, 1.165) is 22.7 Å². The molecule has 4 rings (SSSR count). The monoisotopic (exact) mass is 434 g/mol. The van der Waals surface area contributed by atoms with Gasteiger partial charge in [0.25, 0.3) is 0 Å². The molecule has 0 spiro atoms. The van der Waals surface area contributed by atoms with Crippen molar-refractivity contribution in [2.75, 3.05) is 0 Å². The van der Waals surface area contributed by atoms with Gasteiger partial charge in [0, 0.05) is 28.7 Å². The lowest BCUT2D eigenvalue weighted by Crippen LogP contribution is -2.09. The van der Waals surface area contributed by atoms with Crippen molar-refractivity contribution in [2.24, 2.45) is 0 Å². The van der Waals surface area contributed by atoms with Gasteiger partial charge >= 0.3 is 0 Å². The Morgan fingerprint density at radius 2 is 2.00 bits per heavy atom. The summed E-state index contributed by atoms with van der Waals surface area (Å²) in [5.74, 6) is -0.495. The molecule has 0 radical (unpaired) electrons. The maximum Gasteiger partial charge on any atom is 0.234 e. The van der Waals surface area contributed by atoms with E-state index in [0.29, 0.717) is 29.9 Å². The van der Waals surface area contributed by atoms with Crippen molar-refractivity contribution in [1.29, 1.82) is 5.26 Å². The minimum atomic E-state index is -0.611. The maximum absolute atomic E-state index is 14.2. The summed E-state index contributed by atoms with van der Waals surface area (Å²) in [7, 11) is 0. The molecule has 0 saturated heterocycles. The molecule has 0 aliphatic heterocycles. The van der Waals surface area contributed by atoms with Crippen LogP contribution < -0.4 is 4.74 Å². The number of halogens is 2. The van der Waals surface area contributed by atoms with E-state index < -0.39 is 5.82 Å². The molecule has 6 nitrogen and oxygen atoms in total. The largest absolute Gasteiger partial charge is 0.484 e. The number of fused-ring (bicyclic) bond motifs is 1. The smallest absolute Gasteiger partial charge is 0.234 e. The molecule has 2 aromatic carbocycles. The van der Waals surface area contributed by atoms with Crippen LogP contribution in [0.4, 0.5) is 4.39 Å². The quantitative estimate of drug-likeness (QED) is 0.393. The second-order valence-corrected chi connectivity index (χ2v) is 7.28. The molecule has 0 saturated carbocycles. The lowest BCUT2D eigenvalue weighted by atomic mass is 10.1. The fraction of sp³-hybridized carbons (Fsp3) is 0.130. The van der Waals surface area contributed by atoms with Crippen molar-refractivity contribution in [3.8, 4) is 11.8 Å². The van der Waals surface area contributed by atoms with Crippen molar-refractivity contribution in [3.05, 3.63) is 88.2 Å². The predicted molar refractivity (Wildman–Crippen MR) is 114 cm³/mol. The Balaban J connectivity index is 1.63. The Morgan fingerprint density at radius 1 is 1.19 bits per heavy atom. The van der Waals surface area contributed by atoms with Crippen LogP contribution in [0.25, 0.3) is 11.0 Å². The molecule has 0 unspecified atom stereocenters. The van der Waals surface area contributed by atoms with Crippen LogP contribution in [0.15, 0.2) is 54.7 Å². The van der Waals surface area contributed by atoms with Crippen molar-refractivity contribution in [2.45, 2.75) is 19.6 Å². The van der Waals surface area contributed by atoms with Gasteiger partial charge in [0.15, 0.2) is 11.6 Å². The van der Waals surface area contributed by atoms with Crippen molar-refractivity contribution in [3.63, 3.8) is 0 Å². The molecule has 0 atom stereocenters. The molecule has 31 heavy (non-hydrogen) atoms. The van der Waals surface area contributed by atoms with E-state index in [2.05, 4.69) is 9.97 Å². The van der Waals surface area contributed by atoms with Gasteiger partial charge in [-0.3, -0.25) is 4.79 Å². The molecular formula is C23H16ClFN4O2. The number of ether oxygens (including phenoxy) is 1. The standard InChI is InChI=1S/C23H16ClFN4O2/c24-18-4-1-15(2-5-18)7-8-29-19(10-17-12-27-22(11-26)28-23(17)29)14-31-21-6-3-16(13-30)9-20(21)25/h1-6,9-10,12-13H,7-8,14H2. The number of nitrogens with zero attached hydrogens (tertiary/aromatic N) is 4. The minimum Gasteiger partial charge on any atom is -0.484 e. The Hall–Kier alpha value is -3.76. The van der Waals surface area contributed by atoms with Crippen molar-refractivity contribution < 1.29 is 13.9 Å². The molecule has 0 aliphatic rings. The summed E-state index contributed by atoms with van der Waals surface area (Å²) >= 11 is 5.96. The van der Waals surface area contributed by atoms with Crippen LogP contribution in [0, 0.1) is 17.1 Å². The summed E-state index contributed by atoms with van der Waals surface area (Å²) < 4.78 is 21.8. The van der Waals surface area contributed by atoms with E-state index >= 15 is 0 Å². The van der Waals surface area contributed by atoms with Gasteiger partial charge in [0.1, 0.15) is 24.6 Å². The number of hydrogen-bond donors (Lipinski definition) is 0. The summed E-state index contributed by atoms with van der Waals surface area (Å²) in [6, 6.07) is 15.4. The first-order valence-corrected chi connectivity index (χ1v) is 9.82. The number of carbonyl (C=O) groups is 1. The molecular weight excluding hydrogens is 419 g/mol. The van der Waals surface area contributed by atoms with Gasteiger partial charge < -0.3 is 9.30 Å². The molecule has 154 valence electrons. The van der Waals surface area contributed by atoms with Crippen LogP contribution in [-0.4, -0.2) is 20.8 Å². The first-order valence-electron chi connectivity index (χ1n) is 9.44. The van der Waals surface area contributed by atoms with E-state index in [1.165, 1.54) is 12.1 Å². The van der Waals surface area contributed by atoms with E-state index in [9.17, 15) is 9.18 Å². The molecule has 8 heteroatoms. The number of nitriles is 1. The summed E-state index contributed by atoms with van der Waals surface area (Å²) in [5.41, 5.74) is 2.69. The number of carbonyl (C=O) groups excluding carboxylic acids is 1. The van der Waals surface area contributed by atoms with Gasteiger partial charge in [-0.05, 0) is 48.4 Å². The fourth-order valence-corrected chi connectivity index (χ4v) is 3.39. The molecule has 2 aromatic heterocycles. The number of hydrogen-bond acceptors (Lipinski definition) is 5. The molecule has 4 aromatic rings. The third kappa shape index (κ3) is 4.55. The molecule has 0 fully saturated rings. The van der Waals surface area contributed by atoms with Gasteiger partial charge in [0.05, 0.1) is 5.69 Å². The first-order chi connectivity index (χ1) is 15.1. The van der Waals surface area contributed by atoms with E-state index in [1.807, 2.05) is 41.0 Å². The predicted octanol–water partition coefficient (Wildman–Crippen LogP) is 4.73. The van der Waals surface area contributed by atoms with Crippen LogP contribution >= 0.6 is 11.6 Å². The number of benzene rings is 2. The lowest BCUT2D eigenvalue weighted by Gasteiger charge is -2.12. The first kappa shape index (κ1) is 20.5. The van der Waals surface area contributed by atoms with E-state index in [1.54, 1.807) is 6.20 Å². The normalized spacial score (nSPS) is 10.7. The molecule has 0 N–H and O–H groups in total. The zero-order valence-corrected chi connectivity index (χ0v) is 17.0. The molecule has 0 amide bonds. The van der Waals surface area contributed by atoms with Gasteiger partial charge in [-0.25, -0.2) is 14.4 Å². The highest BCUT2D eigenvalue weighted by molar-refractivity contribution is 6.30. The summed E-state index contributed by atoms with van der Waals surface area (Å²) in [6.07, 6.45) is 2.86. The molecule has 0 bridgehead atoms. The van der Waals surface area contributed by atoms with Gasteiger partial charge in [-0.1, -0.05) is 23.7 Å². The maximum atomic E-state index is 14.2. The van der Waals surface area contributed by atoms with E-state index in [4.69, 9.17) is 21.6 Å². The number of rotatable bonds is 7. The third-order valence-electron chi connectivity index (χ3n) is 4.83. The summed E-state index contributed by atoms with van der Waals surface area (Å²) in [5, 5.41) is 10.6. The van der Waals surface area contributed by atoms with Crippen molar-refractivity contribution in [1.82, 2.24) is 14.5 Å². The SMILES string of the molecule is N#Cc1ncc2cc(COc3ccc(C=O)cc3F)n(CCc3ccc(Cl)cc3)c2n1. The topological polar surface area (TPSA) is 80.8 Å².